The molecule has 2 N–H and O–H groups in total. The number of carbonyl (C=O) groups excluding carboxylic acids is 1. The lowest BCUT2D eigenvalue weighted by molar-refractivity contribution is 0.0983. The molecule has 1 aromatic rings. The Kier molecular flexibility index (Phi) is 1.73. The molecule has 78 valence electrons. The van der Waals surface area contributed by atoms with E-state index in [1.807, 2.05) is 23.1 Å². The molecule has 3 rings (SSSR count). The van der Waals surface area contributed by atoms with Gasteiger partial charge >= 0.3 is 0 Å². The zero-order valence-corrected chi connectivity index (χ0v) is 8.23. The maximum absolute atomic E-state index is 11.8. The molecule has 2 aliphatic heterocycles. The molecule has 0 aromatic heterocycles. The predicted octanol–water partition coefficient (Wildman–Crippen LogP) is 1.17. The second-order valence-corrected chi connectivity index (χ2v) is 3.94. The summed E-state index contributed by atoms with van der Waals surface area (Å²) in [6.45, 7) is 0.726. The van der Waals surface area contributed by atoms with Crippen molar-refractivity contribution in [2.75, 3.05) is 16.8 Å². The number of anilines is 2. The maximum Gasteiger partial charge on any atom is 0.205 e. The molecule has 0 spiro atoms. The van der Waals surface area contributed by atoms with E-state index in [4.69, 9.17) is 0 Å². The highest BCUT2D eigenvalue weighted by Crippen LogP contribution is 2.39. The molecule has 4 heteroatoms. The van der Waals surface area contributed by atoms with Gasteiger partial charge in [0.1, 0.15) is 0 Å². The van der Waals surface area contributed by atoms with Gasteiger partial charge in [-0.3, -0.25) is 4.79 Å². The highest BCUT2D eigenvalue weighted by atomic mass is 16.3. The molecule has 2 aliphatic rings. The minimum absolute atomic E-state index is 0.172. The van der Waals surface area contributed by atoms with Gasteiger partial charge in [-0.1, -0.05) is 6.07 Å². The van der Waals surface area contributed by atoms with Crippen molar-refractivity contribution in [3.05, 3.63) is 23.8 Å². The lowest BCUT2D eigenvalue weighted by Crippen LogP contribution is -2.35. The number of benzene rings is 1. The molecule has 0 saturated heterocycles. The van der Waals surface area contributed by atoms with Crippen molar-refractivity contribution in [1.82, 2.24) is 0 Å². The number of nitrogens with one attached hydrogen (secondary N) is 1. The van der Waals surface area contributed by atoms with Gasteiger partial charge in [-0.15, -0.1) is 0 Å². The zero-order chi connectivity index (χ0) is 10.4. The average molecular weight is 204 g/mol. The molecule has 0 aliphatic carbocycles. The molecule has 0 fully saturated rings. The van der Waals surface area contributed by atoms with E-state index in [1.54, 1.807) is 0 Å². The number of rotatable bonds is 0. The molecule has 2 heterocycles. The Morgan fingerprint density at radius 3 is 3.20 bits per heavy atom. The molecule has 0 radical (unpaired) electrons. The molecule has 1 atom stereocenters. The van der Waals surface area contributed by atoms with Crippen LogP contribution >= 0.6 is 0 Å². The van der Waals surface area contributed by atoms with Gasteiger partial charge in [-0.2, -0.15) is 0 Å². The summed E-state index contributed by atoms with van der Waals surface area (Å²) in [5.41, 5.74) is 2.46. The summed E-state index contributed by atoms with van der Waals surface area (Å²) in [6, 6.07) is 5.57. The minimum atomic E-state index is -0.688. The van der Waals surface area contributed by atoms with Gasteiger partial charge in [0, 0.05) is 18.5 Å². The number of nitrogens with zero attached hydrogens (tertiary/aromatic N) is 1. The van der Waals surface area contributed by atoms with Crippen LogP contribution in [0.2, 0.25) is 0 Å². The van der Waals surface area contributed by atoms with Crippen molar-refractivity contribution in [2.45, 2.75) is 19.2 Å². The zero-order valence-electron chi connectivity index (χ0n) is 8.23. The molecule has 1 unspecified atom stereocenters. The fourth-order valence-corrected chi connectivity index (χ4v) is 2.31. The van der Waals surface area contributed by atoms with Gasteiger partial charge in [0.25, 0.3) is 0 Å². The van der Waals surface area contributed by atoms with Crippen LogP contribution in [0.1, 0.15) is 23.2 Å². The summed E-state index contributed by atoms with van der Waals surface area (Å²) >= 11 is 0. The summed E-state index contributed by atoms with van der Waals surface area (Å²) in [6.07, 6.45) is 0.679. The first-order valence-corrected chi connectivity index (χ1v) is 5.15. The van der Waals surface area contributed by atoms with Crippen LogP contribution in [0, 0.1) is 0 Å². The number of para-hydroxylation sites is 1. The largest absolute Gasteiger partial charge is 0.356 e. The van der Waals surface area contributed by atoms with Crippen LogP contribution in [-0.4, -0.2) is 23.8 Å². The van der Waals surface area contributed by atoms with Crippen LogP contribution in [0.4, 0.5) is 11.4 Å². The normalized spacial score (nSPS) is 23.4. The molecule has 1 aromatic carbocycles. The Hall–Kier alpha value is -1.55. The highest BCUT2D eigenvalue weighted by molar-refractivity contribution is 6.05. The molecular formula is C11H12N2O2. The van der Waals surface area contributed by atoms with E-state index in [0.717, 1.165) is 29.9 Å². The van der Waals surface area contributed by atoms with Crippen molar-refractivity contribution < 1.29 is 9.90 Å². The second-order valence-electron chi connectivity index (χ2n) is 3.94. The minimum Gasteiger partial charge on any atom is -0.356 e. The molecule has 4 nitrogen and oxygen atoms in total. The van der Waals surface area contributed by atoms with Gasteiger partial charge in [0.05, 0.1) is 11.4 Å². The fraction of sp³-hybridized carbons (Fsp3) is 0.364. The van der Waals surface area contributed by atoms with Crippen molar-refractivity contribution in [1.29, 1.82) is 0 Å². The maximum atomic E-state index is 11.8. The monoisotopic (exact) mass is 204 g/mol. The summed E-state index contributed by atoms with van der Waals surface area (Å²) in [4.78, 5) is 13.7. The lowest BCUT2D eigenvalue weighted by atomic mass is 10.1. The first kappa shape index (κ1) is 8.73. The number of aliphatic hydroxyl groups is 1. The van der Waals surface area contributed by atoms with E-state index in [-0.39, 0.29) is 5.78 Å². The van der Waals surface area contributed by atoms with E-state index in [0.29, 0.717) is 6.42 Å². The third kappa shape index (κ3) is 1.15. The molecule has 0 saturated carbocycles. The van der Waals surface area contributed by atoms with Gasteiger partial charge in [-0.25, -0.2) is 0 Å². The quantitative estimate of drug-likeness (QED) is 0.666. The Balaban J connectivity index is 2.22. The van der Waals surface area contributed by atoms with E-state index < -0.39 is 6.35 Å². The number of Topliss-reactive ketones (excluding diaryl/α,β-unsaturated/α-hetero) is 1. The SMILES string of the molecule is O=C1CCCN2c3c(cccc31)NC2O. The van der Waals surface area contributed by atoms with E-state index in [9.17, 15) is 9.90 Å². The van der Waals surface area contributed by atoms with E-state index >= 15 is 0 Å². The van der Waals surface area contributed by atoms with Crippen molar-refractivity contribution >= 4 is 17.2 Å². The fourth-order valence-electron chi connectivity index (χ4n) is 2.31. The number of carbonyl (C=O) groups is 1. The van der Waals surface area contributed by atoms with E-state index in [1.165, 1.54) is 0 Å². The predicted molar refractivity (Wildman–Crippen MR) is 57.0 cm³/mol. The van der Waals surface area contributed by atoms with Crippen LogP contribution in [0.25, 0.3) is 0 Å². The van der Waals surface area contributed by atoms with Crippen LogP contribution in [0.15, 0.2) is 18.2 Å². The molecule has 0 bridgehead atoms. The van der Waals surface area contributed by atoms with Crippen LogP contribution in [0.5, 0.6) is 0 Å². The second kappa shape index (κ2) is 2.97. The van der Waals surface area contributed by atoms with Gasteiger partial charge in [0.15, 0.2) is 5.78 Å². The van der Waals surface area contributed by atoms with Crippen molar-refractivity contribution in [3.8, 4) is 0 Å². The Bertz CT molecular complexity index is 431. The number of hydrogen-bond donors (Lipinski definition) is 2. The van der Waals surface area contributed by atoms with Crippen molar-refractivity contribution in [3.63, 3.8) is 0 Å². The molecular weight excluding hydrogens is 192 g/mol. The summed E-state index contributed by atoms with van der Waals surface area (Å²) in [5.74, 6) is 0.172. The number of ketones is 1. The third-order valence-electron chi connectivity index (χ3n) is 3.01. The molecule has 0 amide bonds. The van der Waals surface area contributed by atoms with Gasteiger partial charge in [-0.05, 0) is 18.6 Å². The Morgan fingerprint density at radius 1 is 1.47 bits per heavy atom. The van der Waals surface area contributed by atoms with Crippen LogP contribution in [-0.2, 0) is 0 Å². The van der Waals surface area contributed by atoms with Crippen molar-refractivity contribution in [2.24, 2.45) is 0 Å². The molecule has 15 heavy (non-hydrogen) atoms. The van der Waals surface area contributed by atoms with Gasteiger partial charge < -0.3 is 15.3 Å². The smallest absolute Gasteiger partial charge is 0.205 e. The number of aliphatic hydroxyl groups excluding tert-OH is 1. The summed E-state index contributed by atoms with van der Waals surface area (Å²) in [7, 11) is 0. The highest BCUT2D eigenvalue weighted by Gasteiger charge is 2.32. The Labute approximate surface area is 87.5 Å². The first-order valence-electron chi connectivity index (χ1n) is 5.15. The van der Waals surface area contributed by atoms with E-state index in [2.05, 4.69) is 5.32 Å². The summed E-state index contributed by atoms with van der Waals surface area (Å²) in [5, 5.41) is 12.7. The third-order valence-corrected chi connectivity index (χ3v) is 3.01. The first-order chi connectivity index (χ1) is 7.27. The lowest BCUT2D eigenvalue weighted by Gasteiger charge is -2.21. The summed E-state index contributed by atoms with van der Waals surface area (Å²) < 4.78 is 0. The van der Waals surface area contributed by atoms with Crippen LogP contribution < -0.4 is 10.2 Å². The topological polar surface area (TPSA) is 52.6 Å². The Morgan fingerprint density at radius 2 is 2.33 bits per heavy atom. The van der Waals surface area contributed by atoms with Crippen LogP contribution in [0.3, 0.4) is 0 Å². The average Bonchev–Trinajstić information content (AvgIpc) is 2.43. The number of hydrogen-bond acceptors (Lipinski definition) is 4. The van der Waals surface area contributed by atoms with Gasteiger partial charge in [0.2, 0.25) is 6.35 Å². The standard InChI is InChI=1S/C11H12N2O2/c14-9-5-2-6-13-10-7(9)3-1-4-8(10)12-11(13)15/h1,3-4,11-12,15H,2,5-6H2.